The second-order valence-corrected chi connectivity index (χ2v) is 11.4. The molecular weight excluding hydrogens is 534 g/mol. The molecule has 0 N–H and O–H groups in total. The zero-order valence-electron chi connectivity index (χ0n) is 22.1. The Kier molecular flexibility index (Phi) is 8.17. The van der Waals surface area contributed by atoms with Crippen LogP contribution >= 0.6 is 0 Å². The highest BCUT2D eigenvalue weighted by Gasteiger charge is 2.49. The first kappa shape index (κ1) is 28.5. The molecule has 5 rings (SSSR count). The number of likely N-dealkylation sites (tertiary alicyclic amines) is 1. The number of halogens is 4. The predicted molar refractivity (Wildman–Crippen MR) is 133 cm³/mol. The maximum absolute atomic E-state index is 13.1. The first-order chi connectivity index (χ1) is 19.0. The number of carbonyl (C=O) groups is 4. The van der Waals surface area contributed by atoms with Crippen LogP contribution in [0.15, 0.2) is 18.2 Å². The molecule has 218 valence electrons. The molecule has 1 aromatic carbocycles. The smallest absolute Gasteiger partial charge is 0.322 e. The van der Waals surface area contributed by atoms with E-state index in [0.29, 0.717) is 17.4 Å². The lowest BCUT2D eigenvalue weighted by Crippen LogP contribution is -2.55. The van der Waals surface area contributed by atoms with Crippen molar-refractivity contribution < 1.29 is 41.6 Å². The minimum absolute atomic E-state index is 0.0712. The lowest BCUT2D eigenvalue weighted by molar-refractivity contribution is -0.238. The number of imide groups is 1. The highest BCUT2D eigenvalue weighted by molar-refractivity contribution is 6.05. The van der Waals surface area contributed by atoms with Gasteiger partial charge in [-0.2, -0.15) is 13.2 Å². The fourth-order valence-corrected chi connectivity index (χ4v) is 6.51. The fourth-order valence-electron chi connectivity index (χ4n) is 6.51. The number of hydrogen-bond acceptors (Lipinski definition) is 6. The summed E-state index contributed by atoms with van der Waals surface area (Å²) in [5.41, 5.74) is 2.23. The molecular formula is C28H33F4N3O5. The minimum atomic E-state index is -5.38. The van der Waals surface area contributed by atoms with Crippen LogP contribution in [0.2, 0.25) is 0 Å². The first-order valence-corrected chi connectivity index (χ1v) is 13.9. The molecule has 2 saturated heterocycles. The monoisotopic (exact) mass is 567 g/mol. The van der Waals surface area contributed by atoms with Crippen LogP contribution in [-0.2, 0) is 25.8 Å². The van der Waals surface area contributed by atoms with E-state index >= 15 is 0 Å². The van der Waals surface area contributed by atoms with Crippen LogP contribution in [0.25, 0.3) is 0 Å². The topological polar surface area (TPSA) is 87.2 Å². The highest BCUT2D eigenvalue weighted by atomic mass is 19.4. The van der Waals surface area contributed by atoms with Crippen LogP contribution in [0.1, 0.15) is 78.8 Å². The van der Waals surface area contributed by atoms with E-state index in [2.05, 4.69) is 9.74 Å². The standard InChI is InChI=1S/C28H33F4N3O5/c29-14-17-1-3-18(4-2-17)15-33-11-9-19(10-12-33)20-5-6-22-21(13-20)16-34(25(22)37)23-7-8-24(36)35(26(23)38)40-27(39)28(30,31)32/h5-6,13,17-19,23H,1-4,7-12,14-16H2/t17-,18-,23?. The molecule has 12 heteroatoms. The molecule has 0 radical (unpaired) electrons. The fraction of sp³-hybridized carbons (Fsp3) is 0.643. The molecule has 0 aromatic heterocycles. The Morgan fingerprint density at radius 3 is 2.27 bits per heavy atom. The Hall–Kier alpha value is -3.02. The van der Waals surface area contributed by atoms with Crippen molar-refractivity contribution in [1.29, 1.82) is 0 Å². The summed E-state index contributed by atoms with van der Waals surface area (Å²) in [6, 6.07) is 4.39. The third-order valence-corrected chi connectivity index (χ3v) is 8.85. The third kappa shape index (κ3) is 5.87. The van der Waals surface area contributed by atoms with Crippen molar-refractivity contribution in [3.05, 3.63) is 34.9 Å². The van der Waals surface area contributed by atoms with Gasteiger partial charge in [0.05, 0.1) is 6.67 Å². The van der Waals surface area contributed by atoms with Gasteiger partial charge in [0.1, 0.15) is 6.04 Å². The number of hydrogen-bond donors (Lipinski definition) is 0. The van der Waals surface area contributed by atoms with E-state index < -0.39 is 35.9 Å². The molecule has 3 fully saturated rings. The van der Waals surface area contributed by atoms with Crippen molar-refractivity contribution in [2.24, 2.45) is 11.8 Å². The van der Waals surface area contributed by atoms with Gasteiger partial charge in [-0.3, -0.25) is 18.8 Å². The van der Waals surface area contributed by atoms with Gasteiger partial charge in [0.2, 0.25) is 0 Å². The van der Waals surface area contributed by atoms with E-state index in [1.807, 2.05) is 12.1 Å². The molecule has 3 amide bonds. The number of amides is 3. The summed E-state index contributed by atoms with van der Waals surface area (Å²) in [6.07, 6.45) is 0.270. The number of carbonyl (C=O) groups excluding carboxylic acids is 4. The third-order valence-electron chi connectivity index (χ3n) is 8.85. The first-order valence-electron chi connectivity index (χ1n) is 13.9. The average Bonchev–Trinajstić information content (AvgIpc) is 3.26. The number of piperidine rings is 2. The van der Waals surface area contributed by atoms with Crippen molar-refractivity contribution in [3.8, 4) is 0 Å². The maximum Gasteiger partial charge on any atom is 0.493 e. The summed E-state index contributed by atoms with van der Waals surface area (Å²) in [5.74, 6) is -4.18. The number of alkyl halides is 4. The van der Waals surface area contributed by atoms with E-state index in [9.17, 15) is 36.7 Å². The Balaban J connectivity index is 1.19. The second-order valence-electron chi connectivity index (χ2n) is 11.4. The molecule has 1 unspecified atom stereocenters. The van der Waals surface area contributed by atoms with Crippen LogP contribution in [0.5, 0.6) is 0 Å². The molecule has 1 saturated carbocycles. The van der Waals surface area contributed by atoms with Crippen molar-refractivity contribution in [2.45, 2.75) is 76.0 Å². The second kappa shape index (κ2) is 11.5. The van der Waals surface area contributed by atoms with E-state index in [-0.39, 0.29) is 37.0 Å². The van der Waals surface area contributed by atoms with Crippen LogP contribution in [0.4, 0.5) is 17.6 Å². The van der Waals surface area contributed by atoms with Gasteiger partial charge in [0, 0.05) is 25.1 Å². The van der Waals surface area contributed by atoms with Gasteiger partial charge in [0.25, 0.3) is 17.7 Å². The zero-order valence-corrected chi connectivity index (χ0v) is 22.1. The van der Waals surface area contributed by atoms with Crippen LogP contribution in [0, 0.1) is 11.8 Å². The van der Waals surface area contributed by atoms with Gasteiger partial charge in [-0.05, 0) is 93.0 Å². The average molecular weight is 568 g/mol. The van der Waals surface area contributed by atoms with Gasteiger partial charge < -0.3 is 14.6 Å². The van der Waals surface area contributed by atoms with E-state index in [1.165, 1.54) is 4.90 Å². The largest absolute Gasteiger partial charge is 0.493 e. The van der Waals surface area contributed by atoms with Crippen molar-refractivity contribution in [3.63, 3.8) is 0 Å². The lowest BCUT2D eigenvalue weighted by atomic mass is 9.81. The number of nitrogens with zero attached hydrogens (tertiary/aromatic N) is 3. The molecule has 4 aliphatic rings. The highest BCUT2D eigenvalue weighted by Crippen LogP contribution is 2.36. The Morgan fingerprint density at radius 2 is 1.62 bits per heavy atom. The number of benzene rings is 1. The molecule has 0 bridgehead atoms. The van der Waals surface area contributed by atoms with Crippen LogP contribution in [0.3, 0.4) is 0 Å². The van der Waals surface area contributed by atoms with Gasteiger partial charge >= 0.3 is 12.1 Å². The SMILES string of the molecule is O=C1CCC(N2Cc3cc(C4CCN(C[C@H]5CC[C@H](CF)CC5)CC4)ccc3C2=O)C(=O)N1OC(=O)C(F)(F)F. The van der Waals surface area contributed by atoms with Gasteiger partial charge in [0.15, 0.2) is 0 Å². The van der Waals surface area contributed by atoms with E-state index in [1.54, 1.807) is 6.07 Å². The van der Waals surface area contributed by atoms with Crippen LogP contribution in [-0.4, -0.2) is 77.1 Å². The zero-order chi connectivity index (χ0) is 28.6. The van der Waals surface area contributed by atoms with Crippen molar-refractivity contribution >= 4 is 23.7 Å². The summed E-state index contributed by atoms with van der Waals surface area (Å²) in [4.78, 5) is 57.0. The summed E-state index contributed by atoms with van der Waals surface area (Å²) >= 11 is 0. The Morgan fingerprint density at radius 1 is 0.950 bits per heavy atom. The van der Waals surface area contributed by atoms with E-state index in [4.69, 9.17) is 0 Å². The molecule has 3 aliphatic heterocycles. The number of hydroxylamine groups is 2. The maximum atomic E-state index is 13.1. The van der Waals surface area contributed by atoms with Crippen molar-refractivity contribution in [2.75, 3.05) is 26.3 Å². The predicted octanol–water partition coefficient (Wildman–Crippen LogP) is 4.14. The molecule has 1 atom stereocenters. The molecule has 8 nitrogen and oxygen atoms in total. The Labute approximate surface area is 229 Å². The molecule has 1 aliphatic carbocycles. The summed E-state index contributed by atoms with van der Waals surface area (Å²) in [7, 11) is 0. The van der Waals surface area contributed by atoms with Gasteiger partial charge in [-0.25, -0.2) is 4.79 Å². The van der Waals surface area contributed by atoms with Gasteiger partial charge in [-0.15, -0.1) is 5.06 Å². The summed E-state index contributed by atoms with van der Waals surface area (Å²) in [6.45, 7) is 2.84. The quantitative estimate of drug-likeness (QED) is 0.380. The van der Waals surface area contributed by atoms with Gasteiger partial charge in [-0.1, -0.05) is 12.1 Å². The van der Waals surface area contributed by atoms with E-state index in [0.717, 1.165) is 69.3 Å². The van der Waals surface area contributed by atoms with Crippen LogP contribution < -0.4 is 0 Å². The minimum Gasteiger partial charge on any atom is -0.322 e. The summed E-state index contributed by atoms with van der Waals surface area (Å²) < 4.78 is 50.8. The lowest BCUT2D eigenvalue weighted by Gasteiger charge is -2.36. The Bertz CT molecular complexity index is 1160. The molecule has 40 heavy (non-hydrogen) atoms. The molecule has 1 aromatic rings. The number of rotatable bonds is 6. The number of fused-ring (bicyclic) bond motifs is 1. The normalized spacial score (nSPS) is 26.8. The van der Waals surface area contributed by atoms with Crippen molar-refractivity contribution in [1.82, 2.24) is 14.9 Å². The molecule has 0 spiro atoms. The summed E-state index contributed by atoms with van der Waals surface area (Å²) in [5, 5.41) is -0.161. The molecule has 3 heterocycles.